The highest BCUT2D eigenvalue weighted by molar-refractivity contribution is 9.10. The molecule has 1 saturated heterocycles. The number of ether oxygens (including phenoxy) is 2. The van der Waals surface area contributed by atoms with Crippen LogP contribution in [0, 0.1) is 5.92 Å². The Morgan fingerprint density at radius 3 is 2.47 bits per heavy atom. The molecule has 1 aliphatic rings. The van der Waals surface area contributed by atoms with Gasteiger partial charge in [-0.1, -0.05) is 0 Å². The van der Waals surface area contributed by atoms with E-state index in [9.17, 15) is 9.59 Å². The van der Waals surface area contributed by atoms with Crippen LogP contribution >= 0.6 is 15.9 Å². The maximum Gasteiger partial charge on any atom is 0.329 e. The van der Waals surface area contributed by atoms with Crippen molar-refractivity contribution in [1.82, 2.24) is 4.98 Å². The number of hydrogen-bond donors (Lipinski definition) is 0. The summed E-state index contributed by atoms with van der Waals surface area (Å²) in [6, 6.07) is 3.39. The Morgan fingerprint density at radius 1 is 1.32 bits per heavy atom. The van der Waals surface area contributed by atoms with Crippen LogP contribution in [0.4, 0.5) is 5.82 Å². The molecule has 6 nitrogen and oxygen atoms in total. The minimum absolute atomic E-state index is 0.383. The second-order valence-corrected chi connectivity index (χ2v) is 5.25. The van der Waals surface area contributed by atoms with E-state index in [2.05, 4.69) is 25.9 Å². The fourth-order valence-corrected chi connectivity index (χ4v) is 1.68. The summed E-state index contributed by atoms with van der Waals surface area (Å²) in [5.41, 5.74) is 0. The molecule has 0 aliphatic carbocycles. The van der Waals surface area contributed by atoms with Crippen molar-refractivity contribution in [1.29, 1.82) is 0 Å². The number of cyclic esters (lactones) is 2. The summed E-state index contributed by atoms with van der Waals surface area (Å²) >= 11 is 3.24. The van der Waals surface area contributed by atoms with Crippen LogP contribution in [0.15, 0.2) is 27.8 Å². The van der Waals surface area contributed by atoms with Crippen molar-refractivity contribution in [3.8, 4) is 0 Å². The van der Waals surface area contributed by atoms with Crippen molar-refractivity contribution in [2.24, 2.45) is 10.9 Å². The molecule has 1 aliphatic heterocycles. The lowest BCUT2D eigenvalue weighted by atomic mass is 10.1. The summed E-state index contributed by atoms with van der Waals surface area (Å²) in [6.45, 7) is 2.99. The van der Waals surface area contributed by atoms with E-state index in [4.69, 9.17) is 9.47 Å². The Hall–Kier alpha value is -1.76. The van der Waals surface area contributed by atoms with Crippen LogP contribution in [0.3, 0.4) is 0 Å². The van der Waals surface area contributed by atoms with Gasteiger partial charge in [0, 0.05) is 30.7 Å². The number of nitrogens with zero attached hydrogens (tertiary/aromatic N) is 2. The molecule has 1 fully saturated rings. The number of hydrogen-bond acceptors (Lipinski definition) is 6. The summed E-state index contributed by atoms with van der Waals surface area (Å²) < 4.78 is 10.7. The molecule has 7 heteroatoms. The second kappa shape index (κ2) is 5.08. The van der Waals surface area contributed by atoms with Gasteiger partial charge in [0.15, 0.2) is 11.7 Å². The van der Waals surface area contributed by atoms with Crippen molar-refractivity contribution < 1.29 is 19.1 Å². The normalized spacial score (nSPS) is 19.3. The number of carbonyl (C=O) groups excluding carboxylic acids is 2. The predicted octanol–water partition coefficient (Wildman–Crippen LogP) is 2.00. The average Bonchev–Trinajstić information content (AvgIpc) is 2.29. The third kappa shape index (κ3) is 3.37. The van der Waals surface area contributed by atoms with E-state index >= 15 is 0 Å². The molecule has 0 saturated carbocycles. The maximum absolute atomic E-state index is 11.7. The van der Waals surface area contributed by atoms with Gasteiger partial charge in [-0.3, -0.25) is 9.59 Å². The molecule has 0 amide bonds. The molecular weight excluding hydrogens is 316 g/mol. The van der Waals surface area contributed by atoms with E-state index < -0.39 is 23.6 Å². The fourth-order valence-electron chi connectivity index (χ4n) is 1.45. The second-order valence-electron chi connectivity index (χ2n) is 4.33. The largest absolute Gasteiger partial charge is 0.422 e. The molecule has 0 radical (unpaired) electrons. The molecule has 100 valence electrons. The monoisotopic (exact) mass is 326 g/mol. The van der Waals surface area contributed by atoms with Crippen molar-refractivity contribution in [3.63, 3.8) is 0 Å². The summed E-state index contributed by atoms with van der Waals surface area (Å²) in [7, 11) is 0. The first-order valence-electron chi connectivity index (χ1n) is 5.49. The molecule has 0 N–H and O–H groups in total. The fraction of sp³-hybridized carbons (Fsp3) is 0.333. The highest BCUT2D eigenvalue weighted by Gasteiger charge is 2.42. The van der Waals surface area contributed by atoms with Gasteiger partial charge in [0.25, 0.3) is 5.79 Å². The van der Waals surface area contributed by atoms with E-state index in [0.29, 0.717) is 5.82 Å². The van der Waals surface area contributed by atoms with Gasteiger partial charge >= 0.3 is 11.9 Å². The molecule has 1 aromatic rings. The average molecular weight is 327 g/mol. The van der Waals surface area contributed by atoms with Crippen molar-refractivity contribution in [3.05, 3.63) is 22.8 Å². The quantitative estimate of drug-likeness (QED) is 0.472. The zero-order chi connectivity index (χ0) is 14.0. The number of aromatic nitrogens is 1. The molecule has 0 atom stereocenters. The van der Waals surface area contributed by atoms with Crippen LogP contribution in [-0.4, -0.2) is 28.9 Å². The zero-order valence-corrected chi connectivity index (χ0v) is 11.9. The Bertz CT molecular complexity index is 519. The number of rotatable bonds is 2. The third-order valence-electron chi connectivity index (χ3n) is 2.27. The standard InChI is InChI=1S/C12H11BrN2O4/c1-12(2)18-10(16)8(11(17)19-12)6-15-9-4-3-7(13)5-14-9/h3-6,8H,1-2H3. The Kier molecular flexibility index (Phi) is 3.66. The number of aliphatic imine (C=N–C) groups is 1. The van der Waals surface area contributed by atoms with Gasteiger partial charge in [-0.05, 0) is 28.1 Å². The van der Waals surface area contributed by atoms with Gasteiger partial charge in [-0.25, -0.2) is 9.98 Å². The van der Waals surface area contributed by atoms with Crippen molar-refractivity contribution in [2.75, 3.05) is 0 Å². The summed E-state index contributed by atoms with van der Waals surface area (Å²) in [4.78, 5) is 31.3. The smallest absolute Gasteiger partial charge is 0.329 e. The summed E-state index contributed by atoms with van der Waals surface area (Å²) in [5.74, 6) is -3.36. The molecular formula is C12H11BrN2O4. The Balaban J connectivity index is 2.12. The van der Waals surface area contributed by atoms with Gasteiger partial charge in [-0.2, -0.15) is 0 Å². The van der Waals surface area contributed by atoms with Gasteiger partial charge < -0.3 is 9.47 Å². The van der Waals surface area contributed by atoms with E-state index in [1.807, 2.05) is 0 Å². The van der Waals surface area contributed by atoms with E-state index in [1.165, 1.54) is 20.1 Å². The predicted molar refractivity (Wildman–Crippen MR) is 69.8 cm³/mol. The first-order valence-corrected chi connectivity index (χ1v) is 6.28. The van der Waals surface area contributed by atoms with Gasteiger partial charge in [0.1, 0.15) is 0 Å². The summed E-state index contributed by atoms with van der Waals surface area (Å²) in [5, 5.41) is 0. The number of halogens is 1. The molecule has 0 unspecified atom stereocenters. The molecule has 2 heterocycles. The molecule has 0 bridgehead atoms. The Morgan fingerprint density at radius 2 is 1.95 bits per heavy atom. The van der Waals surface area contributed by atoms with Crippen LogP contribution in [0.25, 0.3) is 0 Å². The highest BCUT2D eigenvalue weighted by Crippen LogP contribution is 2.22. The van der Waals surface area contributed by atoms with Crippen LogP contribution in [0.2, 0.25) is 0 Å². The molecule has 19 heavy (non-hydrogen) atoms. The zero-order valence-electron chi connectivity index (χ0n) is 10.3. The number of carbonyl (C=O) groups is 2. The van der Waals surface area contributed by atoms with Crippen molar-refractivity contribution >= 4 is 39.9 Å². The molecule has 1 aromatic heterocycles. The lowest BCUT2D eigenvalue weighted by molar-refractivity contribution is -0.235. The van der Waals surface area contributed by atoms with E-state index in [1.54, 1.807) is 18.3 Å². The van der Waals surface area contributed by atoms with Crippen LogP contribution in [0.1, 0.15) is 13.8 Å². The SMILES string of the molecule is CC1(C)OC(=O)C(C=Nc2ccc(Br)cn2)C(=O)O1. The van der Waals surface area contributed by atoms with Crippen LogP contribution < -0.4 is 0 Å². The third-order valence-corrected chi connectivity index (χ3v) is 2.74. The minimum Gasteiger partial charge on any atom is -0.422 e. The van der Waals surface area contributed by atoms with Gasteiger partial charge in [0.2, 0.25) is 0 Å². The lowest BCUT2D eigenvalue weighted by Gasteiger charge is -2.31. The van der Waals surface area contributed by atoms with E-state index in [0.717, 1.165) is 4.47 Å². The first kappa shape index (κ1) is 13.7. The van der Waals surface area contributed by atoms with E-state index in [-0.39, 0.29) is 0 Å². The van der Waals surface area contributed by atoms with Gasteiger partial charge in [-0.15, -0.1) is 0 Å². The topological polar surface area (TPSA) is 77.9 Å². The van der Waals surface area contributed by atoms with Crippen LogP contribution in [0.5, 0.6) is 0 Å². The minimum atomic E-state index is -1.23. The van der Waals surface area contributed by atoms with Gasteiger partial charge in [0.05, 0.1) is 0 Å². The lowest BCUT2D eigenvalue weighted by Crippen LogP contribution is -2.46. The number of pyridine rings is 1. The first-order chi connectivity index (χ1) is 8.87. The summed E-state index contributed by atoms with van der Waals surface area (Å²) in [6.07, 6.45) is 2.74. The number of esters is 2. The Labute approximate surface area is 118 Å². The molecule has 0 spiro atoms. The maximum atomic E-state index is 11.7. The van der Waals surface area contributed by atoms with Crippen LogP contribution in [-0.2, 0) is 19.1 Å². The highest BCUT2D eigenvalue weighted by atomic mass is 79.9. The molecule has 2 rings (SSSR count). The van der Waals surface area contributed by atoms with Crippen molar-refractivity contribution in [2.45, 2.75) is 19.6 Å². The molecule has 0 aromatic carbocycles.